The minimum atomic E-state index is -4.95. The average Bonchev–Trinajstić information content (AvgIpc) is 0.902. The highest BCUT2D eigenvalue weighted by Crippen LogP contribution is 2.45. The van der Waals surface area contributed by atoms with Crippen molar-refractivity contribution in [1.82, 2.24) is 0 Å². The molecule has 0 aromatic carbocycles. The molecular weight excluding hydrogens is 1480 g/mol. The molecule has 0 saturated heterocycles. The van der Waals surface area contributed by atoms with E-state index in [1.165, 1.54) is 77.0 Å². The number of aliphatic hydroxyl groups excluding tert-OH is 2. The van der Waals surface area contributed by atoms with Gasteiger partial charge >= 0.3 is 33.6 Å². The lowest BCUT2D eigenvalue weighted by molar-refractivity contribution is -0.161. The standard InChI is InChI=1S/C97H160O16P2/c1-4-7-10-13-16-19-22-25-28-31-34-37-39-41-43-44-45-46-48-50-51-54-56-59-62-65-68-71-74-77-80-83-95(100)107-86-92(98)87-109-114(103,104)110-88-93(99)89-111-115(105,106)112-91-94(113-97(102)85-82-79-76-73-70-67-64-61-58-53-36-33-30-27-24-21-18-15-12-9-6-3)90-108-96(101)84-81-78-75-72-69-66-63-60-57-55-52-49-47-42-40-38-35-32-29-26-23-20-17-14-11-8-5-2/h7-8,10-11,16-21,25-30,34-38,41-43,45-47,52-53,55,61,64,92-94,98-99H,4-6,9,12-15,22-24,31-33,39-40,44,48-51,54,56-60,62-63,65-91H2,1-3H3,(H,103,104)(H,105,106)/b10-7-,11-8-,19-16-,20-17-,21-18-,28-25-,29-26-,30-27-,37-34-,38-35-,43-41-,46-45-,47-42-,53-36-,55-52-,64-61-. The number of carbonyl (C=O) groups excluding carboxylic acids is 3. The van der Waals surface area contributed by atoms with Crippen LogP contribution in [0.25, 0.3) is 0 Å². The third kappa shape index (κ3) is 89.0. The molecule has 0 radical (unpaired) electrons. The van der Waals surface area contributed by atoms with Crippen molar-refractivity contribution in [3.63, 3.8) is 0 Å². The van der Waals surface area contributed by atoms with E-state index in [0.29, 0.717) is 19.3 Å². The van der Waals surface area contributed by atoms with E-state index < -0.39 is 91.5 Å². The van der Waals surface area contributed by atoms with Crippen LogP contribution in [0, 0.1) is 0 Å². The molecular formula is C97H160O16P2. The van der Waals surface area contributed by atoms with Crippen LogP contribution < -0.4 is 0 Å². The van der Waals surface area contributed by atoms with Crippen molar-refractivity contribution in [1.29, 1.82) is 0 Å². The lowest BCUT2D eigenvalue weighted by Crippen LogP contribution is -2.30. The van der Waals surface area contributed by atoms with Crippen LogP contribution in [0.3, 0.4) is 0 Å². The summed E-state index contributed by atoms with van der Waals surface area (Å²) in [6.45, 7) is 2.41. The van der Waals surface area contributed by atoms with Crippen molar-refractivity contribution in [3.05, 3.63) is 194 Å². The Morgan fingerprint density at radius 2 is 0.461 bits per heavy atom. The van der Waals surface area contributed by atoms with Crippen LogP contribution in [-0.2, 0) is 55.8 Å². The number of phosphoric ester groups is 2. The zero-order valence-corrected chi connectivity index (χ0v) is 73.7. The Labute approximate surface area is 699 Å². The first-order valence-corrected chi connectivity index (χ1v) is 47.7. The van der Waals surface area contributed by atoms with Gasteiger partial charge in [0, 0.05) is 19.3 Å². The van der Waals surface area contributed by atoms with Gasteiger partial charge in [-0.1, -0.05) is 350 Å². The molecule has 0 fully saturated rings. The molecule has 5 atom stereocenters. The van der Waals surface area contributed by atoms with E-state index >= 15 is 0 Å². The van der Waals surface area contributed by atoms with Gasteiger partial charge in [-0.15, -0.1) is 0 Å². The number of phosphoric acid groups is 2. The molecule has 0 saturated carbocycles. The molecule has 0 amide bonds. The van der Waals surface area contributed by atoms with E-state index in [1.54, 1.807) is 0 Å². The van der Waals surface area contributed by atoms with Gasteiger partial charge in [-0.05, 0) is 167 Å². The molecule has 0 aliphatic heterocycles. The van der Waals surface area contributed by atoms with Gasteiger partial charge < -0.3 is 34.2 Å². The molecule has 0 rings (SSSR count). The first-order chi connectivity index (χ1) is 56.2. The number of esters is 3. The van der Waals surface area contributed by atoms with Crippen molar-refractivity contribution in [2.24, 2.45) is 0 Å². The minimum absolute atomic E-state index is 0.0750. The molecule has 115 heavy (non-hydrogen) atoms. The topological polar surface area (TPSA) is 231 Å². The first kappa shape index (κ1) is 109. The quantitative estimate of drug-likeness (QED) is 0.0146. The van der Waals surface area contributed by atoms with E-state index in [-0.39, 0.29) is 19.3 Å². The number of unbranched alkanes of at least 4 members (excludes halogenated alkanes) is 28. The lowest BCUT2D eigenvalue weighted by Gasteiger charge is -2.21. The Morgan fingerprint density at radius 3 is 0.730 bits per heavy atom. The molecule has 654 valence electrons. The zero-order valence-electron chi connectivity index (χ0n) is 71.9. The number of hydrogen-bond acceptors (Lipinski definition) is 14. The van der Waals surface area contributed by atoms with E-state index in [2.05, 4.69) is 215 Å². The number of hydrogen-bond donors (Lipinski definition) is 4. The van der Waals surface area contributed by atoms with Crippen LogP contribution in [0.15, 0.2) is 194 Å². The largest absolute Gasteiger partial charge is 0.472 e. The van der Waals surface area contributed by atoms with Gasteiger partial charge in [-0.25, -0.2) is 9.13 Å². The van der Waals surface area contributed by atoms with Gasteiger partial charge in [-0.2, -0.15) is 0 Å². The third-order valence-electron chi connectivity index (χ3n) is 18.3. The average molecular weight is 1640 g/mol. The second-order valence-corrected chi connectivity index (χ2v) is 32.2. The molecule has 0 aromatic heterocycles. The molecule has 0 aliphatic carbocycles. The van der Waals surface area contributed by atoms with Crippen LogP contribution in [0.2, 0.25) is 0 Å². The lowest BCUT2D eigenvalue weighted by atomic mass is 10.0. The number of ether oxygens (including phenoxy) is 3. The van der Waals surface area contributed by atoms with Gasteiger partial charge in [0.1, 0.15) is 25.4 Å². The van der Waals surface area contributed by atoms with Crippen molar-refractivity contribution >= 4 is 33.6 Å². The second-order valence-electron chi connectivity index (χ2n) is 29.3. The Bertz CT molecular complexity index is 2870. The van der Waals surface area contributed by atoms with Gasteiger partial charge in [0.05, 0.1) is 26.4 Å². The number of carbonyl (C=O) groups is 3. The first-order valence-electron chi connectivity index (χ1n) is 44.7. The molecule has 0 bridgehead atoms. The van der Waals surface area contributed by atoms with Gasteiger partial charge in [0.15, 0.2) is 6.10 Å². The third-order valence-corrected chi connectivity index (χ3v) is 20.2. The number of rotatable bonds is 83. The fourth-order valence-corrected chi connectivity index (χ4v) is 13.1. The van der Waals surface area contributed by atoms with Crippen molar-refractivity contribution in [2.45, 2.75) is 360 Å². The predicted octanol–water partition coefficient (Wildman–Crippen LogP) is 27.4. The highest BCUT2D eigenvalue weighted by Gasteiger charge is 2.29. The molecule has 5 unspecified atom stereocenters. The Kier molecular flexibility index (Phi) is 83.4. The monoisotopic (exact) mass is 1640 g/mol. The summed E-state index contributed by atoms with van der Waals surface area (Å²) in [4.78, 5) is 59.0. The van der Waals surface area contributed by atoms with Crippen molar-refractivity contribution in [3.8, 4) is 0 Å². The maximum atomic E-state index is 13.1. The normalized spacial score (nSPS) is 14.7. The Balaban J connectivity index is 4.65. The molecule has 0 heterocycles. The zero-order chi connectivity index (χ0) is 83.6. The molecule has 0 aromatic rings. The molecule has 0 aliphatic rings. The summed E-state index contributed by atoms with van der Waals surface area (Å²) >= 11 is 0. The van der Waals surface area contributed by atoms with Crippen molar-refractivity contribution in [2.75, 3.05) is 39.6 Å². The highest BCUT2D eigenvalue weighted by atomic mass is 31.2. The van der Waals surface area contributed by atoms with E-state index in [9.17, 15) is 43.5 Å². The van der Waals surface area contributed by atoms with Crippen LogP contribution in [0.4, 0.5) is 0 Å². The van der Waals surface area contributed by atoms with Gasteiger partial charge in [-0.3, -0.25) is 32.5 Å². The number of allylic oxidation sites excluding steroid dienone is 32. The van der Waals surface area contributed by atoms with E-state index in [4.69, 9.17) is 32.3 Å². The maximum absolute atomic E-state index is 13.1. The SMILES string of the molecule is CC/C=C\C/C=C\C/C=C\C/C=C\C/C=C\C/C=C\CCCCCCCCCCCCCCC(=O)OCC(O)COP(=O)(O)OCC(O)COP(=O)(O)OCC(COC(=O)CCCCCCCCCC/C=C\C/C=C\C/C=C\C/C=C\C/C=C\C/C=C\CC)OC(=O)CCCCCCC/C=C\C/C=C\C/C=C\C/C=C\CCCCC. The van der Waals surface area contributed by atoms with Crippen LogP contribution in [-0.4, -0.2) is 95.9 Å². The van der Waals surface area contributed by atoms with Crippen LogP contribution >= 0.6 is 15.6 Å². The fraction of sp³-hybridized carbons (Fsp3) is 0.639. The predicted molar refractivity (Wildman–Crippen MR) is 481 cm³/mol. The summed E-state index contributed by atoms with van der Waals surface area (Å²) in [6, 6.07) is 0. The Morgan fingerprint density at radius 1 is 0.252 bits per heavy atom. The van der Waals surface area contributed by atoms with Gasteiger partial charge in [0.25, 0.3) is 0 Å². The molecule has 4 N–H and O–H groups in total. The summed E-state index contributed by atoms with van der Waals surface area (Å²) in [6.07, 6.45) is 116. The maximum Gasteiger partial charge on any atom is 0.472 e. The summed E-state index contributed by atoms with van der Waals surface area (Å²) in [5, 5.41) is 20.7. The summed E-state index contributed by atoms with van der Waals surface area (Å²) in [5.74, 6) is -1.61. The molecule has 16 nitrogen and oxygen atoms in total. The minimum Gasteiger partial charge on any atom is -0.463 e. The van der Waals surface area contributed by atoms with E-state index in [0.717, 1.165) is 205 Å². The van der Waals surface area contributed by atoms with Crippen LogP contribution in [0.1, 0.15) is 342 Å². The highest BCUT2D eigenvalue weighted by molar-refractivity contribution is 7.47. The van der Waals surface area contributed by atoms with Crippen molar-refractivity contribution < 1.29 is 75.8 Å². The van der Waals surface area contributed by atoms with E-state index in [1.807, 2.05) is 0 Å². The van der Waals surface area contributed by atoms with Crippen LogP contribution in [0.5, 0.6) is 0 Å². The number of aliphatic hydroxyl groups is 2. The van der Waals surface area contributed by atoms with Gasteiger partial charge in [0.2, 0.25) is 0 Å². The molecule has 18 heteroatoms. The second kappa shape index (κ2) is 87.7. The summed E-state index contributed by atoms with van der Waals surface area (Å²) < 4.78 is 61.4. The molecule has 0 spiro atoms. The summed E-state index contributed by atoms with van der Waals surface area (Å²) in [5.41, 5.74) is 0. The Hall–Kier alpha value is -5.61. The summed E-state index contributed by atoms with van der Waals surface area (Å²) in [7, 11) is -9.83. The smallest absolute Gasteiger partial charge is 0.463 e. The fourth-order valence-electron chi connectivity index (χ4n) is 11.6.